The number of rotatable bonds is 7. The van der Waals surface area contributed by atoms with Crippen LogP contribution in [-0.4, -0.2) is 19.0 Å². The maximum atomic E-state index is 6.11. The second-order valence-electron chi connectivity index (χ2n) is 5.48. The van der Waals surface area contributed by atoms with Crippen molar-refractivity contribution in [2.24, 2.45) is 11.3 Å². The largest absolute Gasteiger partial charge is 0.316 e. The summed E-state index contributed by atoms with van der Waals surface area (Å²) in [5.41, 5.74) is 0.330. The maximum Gasteiger partial charge on any atom is 0.0291 e. The molecule has 0 bridgehead atoms. The van der Waals surface area contributed by atoms with Crippen LogP contribution in [0.2, 0.25) is 0 Å². The van der Waals surface area contributed by atoms with E-state index in [4.69, 9.17) is 11.6 Å². The van der Waals surface area contributed by atoms with E-state index >= 15 is 0 Å². The Morgan fingerprint density at radius 2 is 1.75 bits per heavy atom. The molecule has 0 heterocycles. The van der Waals surface area contributed by atoms with Crippen molar-refractivity contribution in [1.29, 1.82) is 0 Å². The first-order valence-electron chi connectivity index (χ1n) is 7.03. The molecule has 0 radical (unpaired) electrons. The van der Waals surface area contributed by atoms with E-state index in [2.05, 4.69) is 19.2 Å². The summed E-state index contributed by atoms with van der Waals surface area (Å²) in [6, 6.07) is 0. The van der Waals surface area contributed by atoms with E-state index in [0.717, 1.165) is 18.3 Å². The Hall–Kier alpha value is 0.250. The molecule has 96 valence electrons. The van der Waals surface area contributed by atoms with Crippen molar-refractivity contribution < 1.29 is 0 Å². The highest BCUT2D eigenvalue weighted by Crippen LogP contribution is 2.28. The van der Waals surface area contributed by atoms with Gasteiger partial charge in [-0.3, -0.25) is 0 Å². The number of hydrogen-bond donors (Lipinski definition) is 1. The Labute approximate surface area is 106 Å². The minimum atomic E-state index is 0.330. The molecule has 1 fully saturated rings. The predicted molar refractivity (Wildman–Crippen MR) is 73.2 cm³/mol. The fourth-order valence-electron chi connectivity index (χ4n) is 2.67. The molecule has 0 saturated heterocycles. The first-order valence-corrected chi connectivity index (χ1v) is 7.56. The van der Waals surface area contributed by atoms with Crippen LogP contribution >= 0.6 is 11.6 Å². The predicted octanol–water partition coefficient (Wildman–Crippen LogP) is 4.20. The van der Waals surface area contributed by atoms with Crippen LogP contribution in [0.4, 0.5) is 0 Å². The van der Waals surface area contributed by atoms with Gasteiger partial charge in [-0.1, -0.05) is 33.1 Å². The summed E-state index contributed by atoms with van der Waals surface area (Å²) in [5, 5.41) is 3.66. The van der Waals surface area contributed by atoms with Gasteiger partial charge >= 0.3 is 0 Å². The fraction of sp³-hybridized carbons (Fsp3) is 1.00. The van der Waals surface area contributed by atoms with Crippen molar-refractivity contribution in [1.82, 2.24) is 5.32 Å². The summed E-state index contributed by atoms with van der Waals surface area (Å²) in [6.45, 7) is 6.82. The summed E-state index contributed by atoms with van der Waals surface area (Å²) >= 11 is 6.11. The van der Waals surface area contributed by atoms with E-state index in [1.807, 2.05) is 0 Å². The van der Waals surface area contributed by atoms with E-state index in [9.17, 15) is 0 Å². The summed E-state index contributed by atoms with van der Waals surface area (Å²) < 4.78 is 0. The molecular weight excluding hydrogens is 218 g/mol. The minimum absolute atomic E-state index is 0.330. The zero-order chi connectivity index (χ0) is 11.9. The molecule has 0 spiro atoms. The first kappa shape index (κ1) is 14.3. The van der Waals surface area contributed by atoms with Crippen LogP contribution in [0.25, 0.3) is 0 Å². The Morgan fingerprint density at radius 1 is 1.12 bits per heavy atom. The lowest BCUT2D eigenvalue weighted by atomic mass is 9.84. The lowest BCUT2D eigenvalue weighted by molar-refractivity contribution is 0.265. The quantitative estimate of drug-likeness (QED) is 0.663. The lowest BCUT2D eigenvalue weighted by Gasteiger charge is -2.31. The summed E-state index contributed by atoms with van der Waals surface area (Å²) in [7, 11) is 0. The van der Waals surface area contributed by atoms with Crippen molar-refractivity contribution >= 4 is 11.6 Å². The molecule has 1 aliphatic carbocycles. The van der Waals surface area contributed by atoms with Gasteiger partial charge in [-0.2, -0.15) is 0 Å². The van der Waals surface area contributed by atoms with Crippen molar-refractivity contribution in [2.45, 2.75) is 58.8 Å². The fourth-order valence-corrected chi connectivity index (χ4v) is 3.14. The van der Waals surface area contributed by atoms with Crippen molar-refractivity contribution in [3.63, 3.8) is 0 Å². The van der Waals surface area contributed by atoms with E-state index in [-0.39, 0.29) is 0 Å². The monoisotopic (exact) mass is 245 g/mol. The van der Waals surface area contributed by atoms with Gasteiger partial charge < -0.3 is 5.32 Å². The standard InChI is InChI=1S/C14H28ClN/c1-3-14(4-2,11-15)12-16-10-13-8-6-5-7-9-13/h13,16H,3-12H2,1-2H3. The molecule has 0 amide bonds. The SMILES string of the molecule is CCC(CC)(CCl)CNCC1CCCCC1. The van der Waals surface area contributed by atoms with Crippen LogP contribution in [0, 0.1) is 11.3 Å². The molecule has 1 N–H and O–H groups in total. The molecular formula is C14H28ClN. The number of hydrogen-bond acceptors (Lipinski definition) is 1. The van der Waals surface area contributed by atoms with Gasteiger partial charge in [0.1, 0.15) is 0 Å². The normalized spacial score (nSPS) is 18.9. The van der Waals surface area contributed by atoms with Crippen LogP contribution in [0.5, 0.6) is 0 Å². The highest BCUT2D eigenvalue weighted by molar-refractivity contribution is 6.18. The zero-order valence-electron chi connectivity index (χ0n) is 11.0. The topological polar surface area (TPSA) is 12.0 Å². The highest BCUT2D eigenvalue weighted by Gasteiger charge is 2.25. The molecule has 0 aromatic heterocycles. The van der Waals surface area contributed by atoms with Crippen LogP contribution in [0.15, 0.2) is 0 Å². The van der Waals surface area contributed by atoms with E-state index in [1.165, 1.54) is 51.5 Å². The minimum Gasteiger partial charge on any atom is -0.316 e. The Kier molecular flexibility index (Phi) is 6.75. The molecule has 0 aromatic rings. The smallest absolute Gasteiger partial charge is 0.0291 e. The third-order valence-corrected chi connectivity index (χ3v) is 5.01. The maximum absolute atomic E-state index is 6.11. The van der Waals surface area contributed by atoms with Crippen LogP contribution in [0.1, 0.15) is 58.8 Å². The molecule has 16 heavy (non-hydrogen) atoms. The van der Waals surface area contributed by atoms with Crippen molar-refractivity contribution in [3.05, 3.63) is 0 Å². The number of nitrogens with one attached hydrogen (secondary N) is 1. The molecule has 0 atom stereocenters. The summed E-state index contributed by atoms with van der Waals surface area (Å²) in [5.74, 6) is 1.72. The Morgan fingerprint density at radius 3 is 2.25 bits per heavy atom. The van der Waals surface area contributed by atoms with Crippen molar-refractivity contribution in [3.8, 4) is 0 Å². The second-order valence-corrected chi connectivity index (χ2v) is 5.74. The number of alkyl halides is 1. The molecule has 2 heteroatoms. The van der Waals surface area contributed by atoms with Gasteiger partial charge in [0.25, 0.3) is 0 Å². The third kappa shape index (κ3) is 4.25. The van der Waals surface area contributed by atoms with E-state index in [0.29, 0.717) is 5.41 Å². The molecule has 0 aromatic carbocycles. The van der Waals surface area contributed by atoms with Crippen LogP contribution < -0.4 is 5.32 Å². The van der Waals surface area contributed by atoms with Gasteiger partial charge in [0.05, 0.1) is 0 Å². The van der Waals surface area contributed by atoms with Crippen LogP contribution in [-0.2, 0) is 0 Å². The van der Waals surface area contributed by atoms with Gasteiger partial charge in [-0.15, -0.1) is 11.6 Å². The van der Waals surface area contributed by atoms with Gasteiger partial charge in [0, 0.05) is 12.4 Å². The van der Waals surface area contributed by atoms with E-state index < -0.39 is 0 Å². The highest BCUT2D eigenvalue weighted by atomic mass is 35.5. The molecule has 1 nitrogen and oxygen atoms in total. The van der Waals surface area contributed by atoms with Gasteiger partial charge in [-0.25, -0.2) is 0 Å². The summed E-state index contributed by atoms with van der Waals surface area (Å²) in [6.07, 6.45) is 9.56. The zero-order valence-corrected chi connectivity index (χ0v) is 11.8. The molecule has 1 saturated carbocycles. The van der Waals surface area contributed by atoms with Crippen LogP contribution in [0.3, 0.4) is 0 Å². The molecule has 1 rings (SSSR count). The lowest BCUT2D eigenvalue weighted by Crippen LogP contribution is -2.37. The molecule has 0 unspecified atom stereocenters. The number of halogens is 1. The molecule has 0 aliphatic heterocycles. The Balaban J connectivity index is 2.21. The Bertz CT molecular complexity index is 163. The third-order valence-electron chi connectivity index (χ3n) is 4.44. The average molecular weight is 246 g/mol. The van der Waals surface area contributed by atoms with E-state index in [1.54, 1.807) is 0 Å². The second kappa shape index (κ2) is 7.55. The molecule has 1 aliphatic rings. The average Bonchev–Trinajstić information content (AvgIpc) is 2.37. The van der Waals surface area contributed by atoms with Gasteiger partial charge in [0.15, 0.2) is 0 Å². The van der Waals surface area contributed by atoms with Gasteiger partial charge in [-0.05, 0) is 43.6 Å². The van der Waals surface area contributed by atoms with Crippen molar-refractivity contribution in [2.75, 3.05) is 19.0 Å². The first-order chi connectivity index (χ1) is 7.76. The summed E-state index contributed by atoms with van der Waals surface area (Å²) in [4.78, 5) is 0. The van der Waals surface area contributed by atoms with Gasteiger partial charge in [0.2, 0.25) is 0 Å².